The van der Waals surface area contributed by atoms with Gasteiger partial charge in [-0.2, -0.15) is 0 Å². The smallest absolute Gasteiger partial charge is 0.267 e. The van der Waals surface area contributed by atoms with E-state index in [4.69, 9.17) is 5.73 Å². The first-order valence-electron chi connectivity index (χ1n) is 6.40. The van der Waals surface area contributed by atoms with Crippen LogP contribution in [0, 0.1) is 0 Å². The molecule has 5 nitrogen and oxygen atoms in total. The molecule has 18 heavy (non-hydrogen) atoms. The van der Waals surface area contributed by atoms with Crippen molar-refractivity contribution >= 4 is 28.2 Å². The zero-order valence-electron chi connectivity index (χ0n) is 10.9. The molecule has 1 heterocycles. The molecular weight excluding hydrogens is 248 g/mol. The molecule has 0 aliphatic heterocycles. The highest BCUT2D eigenvalue weighted by atomic mass is 32.1. The van der Waals surface area contributed by atoms with E-state index in [1.54, 1.807) is 0 Å². The van der Waals surface area contributed by atoms with Crippen molar-refractivity contribution in [2.24, 2.45) is 0 Å². The summed E-state index contributed by atoms with van der Waals surface area (Å²) in [6.45, 7) is 2.77. The Morgan fingerprint density at radius 2 is 2.22 bits per heavy atom. The van der Waals surface area contributed by atoms with Gasteiger partial charge in [0.15, 0.2) is 5.13 Å². The van der Waals surface area contributed by atoms with Gasteiger partial charge in [-0.15, -0.1) is 0 Å². The molecule has 2 rings (SSSR count). The maximum atomic E-state index is 12.4. The van der Waals surface area contributed by atoms with E-state index in [2.05, 4.69) is 10.3 Å². The standard InChI is InChI=1S/C12H20N4OS/c1-3-14-12-15-10(13)9(18-12)11(17)16(2)8-6-4-5-7-8/h8H,3-7,13H2,1-2H3,(H,14,15). The van der Waals surface area contributed by atoms with Crippen LogP contribution in [0.25, 0.3) is 0 Å². The Hall–Kier alpha value is -1.30. The van der Waals surface area contributed by atoms with Gasteiger partial charge in [-0.05, 0) is 19.8 Å². The Balaban J connectivity index is 2.12. The predicted octanol–water partition coefficient (Wildman–Crippen LogP) is 2.17. The molecule has 6 heteroatoms. The molecule has 1 aliphatic carbocycles. The lowest BCUT2D eigenvalue weighted by molar-refractivity contribution is 0.0741. The van der Waals surface area contributed by atoms with Crippen LogP contribution in [0.3, 0.4) is 0 Å². The van der Waals surface area contributed by atoms with Crippen LogP contribution in [0.4, 0.5) is 10.9 Å². The van der Waals surface area contributed by atoms with Crippen LogP contribution in [0.15, 0.2) is 0 Å². The van der Waals surface area contributed by atoms with Crippen LogP contribution in [0.2, 0.25) is 0 Å². The monoisotopic (exact) mass is 268 g/mol. The molecule has 0 unspecified atom stereocenters. The second-order valence-electron chi connectivity index (χ2n) is 4.62. The van der Waals surface area contributed by atoms with Gasteiger partial charge in [0.05, 0.1) is 0 Å². The number of rotatable bonds is 4. The lowest BCUT2D eigenvalue weighted by atomic mass is 10.2. The number of thiazole rings is 1. The lowest BCUT2D eigenvalue weighted by Crippen LogP contribution is -2.35. The first-order valence-corrected chi connectivity index (χ1v) is 7.22. The lowest BCUT2D eigenvalue weighted by Gasteiger charge is -2.23. The third-order valence-electron chi connectivity index (χ3n) is 3.37. The van der Waals surface area contributed by atoms with Gasteiger partial charge < -0.3 is 16.0 Å². The molecule has 0 aromatic carbocycles. The number of carbonyl (C=O) groups excluding carboxylic acids is 1. The van der Waals surface area contributed by atoms with Crippen molar-refractivity contribution in [2.45, 2.75) is 38.6 Å². The number of hydrogen-bond donors (Lipinski definition) is 2. The molecule has 0 saturated heterocycles. The average molecular weight is 268 g/mol. The highest BCUT2D eigenvalue weighted by Crippen LogP contribution is 2.29. The van der Waals surface area contributed by atoms with E-state index in [9.17, 15) is 4.79 Å². The van der Waals surface area contributed by atoms with Crippen molar-refractivity contribution < 1.29 is 4.79 Å². The summed E-state index contributed by atoms with van der Waals surface area (Å²) in [5.74, 6) is 0.340. The Kier molecular flexibility index (Phi) is 4.06. The molecule has 100 valence electrons. The normalized spacial score (nSPS) is 15.9. The maximum Gasteiger partial charge on any atom is 0.267 e. The average Bonchev–Trinajstić information content (AvgIpc) is 2.97. The molecule has 0 atom stereocenters. The number of nitrogens with two attached hydrogens (primary N) is 1. The SMILES string of the molecule is CCNc1nc(N)c(C(=O)N(C)C2CCCC2)s1. The summed E-state index contributed by atoms with van der Waals surface area (Å²) in [7, 11) is 1.87. The molecule has 1 aromatic heterocycles. The van der Waals surface area contributed by atoms with Gasteiger partial charge in [-0.3, -0.25) is 4.79 Å². The summed E-state index contributed by atoms with van der Waals surface area (Å²) < 4.78 is 0. The predicted molar refractivity (Wildman–Crippen MR) is 75.0 cm³/mol. The Morgan fingerprint density at radius 3 is 2.83 bits per heavy atom. The molecule has 1 aliphatic rings. The highest BCUT2D eigenvalue weighted by molar-refractivity contribution is 7.18. The minimum atomic E-state index is 0.000975. The van der Waals surface area contributed by atoms with Crippen molar-refractivity contribution in [3.8, 4) is 0 Å². The van der Waals surface area contributed by atoms with Crippen LogP contribution in [0.1, 0.15) is 42.3 Å². The molecule has 3 N–H and O–H groups in total. The number of nitrogens with zero attached hydrogens (tertiary/aromatic N) is 2. The number of hydrogen-bond acceptors (Lipinski definition) is 5. The van der Waals surface area contributed by atoms with Crippen LogP contribution < -0.4 is 11.1 Å². The summed E-state index contributed by atoms with van der Waals surface area (Å²) in [4.78, 5) is 18.9. The topological polar surface area (TPSA) is 71.2 Å². The van der Waals surface area contributed by atoms with E-state index in [0.29, 0.717) is 16.7 Å². The molecular formula is C12H20N4OS. The quantitative estimate of drug-likeness (QED) is 0.878. The van der Waals surface area contributed by atoms with Gasteiger partial charge in [0.25, 0.3) is 5.91 Å². The third-order valence-corrected chi connectivity index (χ3v) is 4.39. The number of aromatic nitrogens is 1. The van der Waals surface area contributed by atoms with E-state index in [0.717, 1.165) is 24.5 Å². The van der Waals surface area contributed by atoms with Gasteiger partial charge >= 0.3 is 0 Å². The third kappa shape index (κ3) is 2.58. The molecule has 0 spiro atoms. The van der Waals surface area contributed by atoms with Gasteiger partial charge in [-0.25, -0.2) is 4.98 Å². The summed E-state index contributed by atoms with van der Waals surface area (Å²) in [5, 5.41) is 3.81. The largest absolute Gasteiger partial charge is 0.382 e. The molecule has 1 amide bonds. The van der Waals surface area contributed by atoms with Crippen molar-refractivity contribution in [2.75, 3.05) is 24.6 Å². The number of carbonyl (C=O) groups is 1. The van der Waals surface area contributed by atoms with E-state index < -0.39 is 0 Å². The summed E-state index contributed by atoms with van der Waals surface area (Å²) in [6, 6.07) is 0.363. The molecule has 0 radical (unpaired) electrons. The second-order valence-corrected chi connectivity index (χ2v) is 5.62. The first kappa shape index (κ1) is 13.1. The summed E-state index contributed by atoms with van der Waals surface area (Å²) in [6.07, 6.45) is 4.62. The zero-order chi connectivity index (χ0) is 13.1. The molecule has 0 bridgehead atoms. The molecule has 1 aromatic rings. The van der Waals surface area contributed by atoms with Crippen LogP contribution in [0.5, 0.6) is 0 Å². The summed E-state index contributed by atoms with van der Waals surface area (Å²) in [5.41, 5.74) is 5.82. The van der Waals surface area contributed by atoms with Crippen molar-refractivity contribution in [1.82, 2.24) is 9.88 Å². The minimum absolute atomic E-state index is 0.000975. The number of anilines is 2. The number of amides is 1. The fourth-order valence-corrected chi connectivity index (χ4v) is 3.26. The van der Waals surface area contributed by atoms with E-state index in [1.165, 1.54) is 24.2 Å². The fourth-order valence-electron chi connectivity index (χ4n) is 2.33. The highest BCUT2D eigenvalue weighted by Gasteiger charge is 2.27. The van der Waals surface area contributed by atoms with Crippen LogP contribution in [-0.4, -0.2) is 35.4 Å². The Bertz CT molecular complexity index is 426. The van der Waals surface area contributed by atoms with E-state index in [1.807, 2.05) is 18.9 Å². The Labute approximate surface area is 111 Å². The van der Waals surface area contributed by atoms with Gasteiger partial charge in [0.2, 0.25) is 0 Å². The maximum absolute atomic E-state index is 12.4. The second kappa shape index (κ2) is 5.56. The Morgan fingerprint density at radius 1 is 1.56 bits per heavy atom. The number of nitrogen functional groups attached to an aromatic ring is 1. The van der Waals surface area contributed by atoms with Crippen LogP contribution >= 0.6 is 11.3 Å². The van der Waals surface area contributed by atoms with E-state index in [-0.39, 0.29) is 5.91 Å². The van der Waals surface area contributed by atoms with Gasteiger partial charge in [0, 0.05) is 19.6 Å². The summed E-state index contributed by atoms with van der Waals surface area (Å²) >= 11 is 1.34. The first-order chi connectivity index (χ1) is 8.63. The van der Waals surface area contributed by atoms with Gasteiger partial charge in [-0.1, -0.05) is 24.2 Å². The van der Waals surface area contributed by atoms with Crippen molar-refractivity contribution in [3.63, 3.8) is 0 Å². The van der Waals surface area contributed by atoms with Crippen molar-refractivity contribution in [3.05, 3.63) is 4.88 Å². The van der Waals surface area contributed by atoms with Crippen molar-refractivity contribution in [1.29, 1.82) is 0 Å². The van der Waals surface area contributed by atoms with E-state index >= 15 is 0 Å². The van der Waals surface area contributed by atoms with Gasteiger partial charge in [0.1, 0.15) is 10.7 Å². The minimum Gasteiger partial charge on any atom is -0.382 e. The van der Waals surface area contributed by atoms with Crippen LogP contribution in [-0.2, 0) is 0 Å². The fraction of sp³-hybridized carbons (Fsp3) is 0.667. The molecule has 1 fully saturated rings. The molecule has 1 saturated carbocycles. The zero-order valence-corrected chi connectivity index (χ0v) is 11.7. The number of nitrogens with one attached hydrogen (secondary N) is 1.